The number of ether oxygens (including phenoxy) is 3. The van der Waals surface area contributed by atoms with Gasteiger partial charge in [0.2, 0.25) is 11.8 Å². The van der Waals surface area contributed by atoms with Gasteiger partial charge < -0.3 is 14.2 Å². The smallest absolute Gasteiger partial charge is 0.229 e. The number of hydrogen-bond acceptors (Lipinski definition) is 7. The zero-order valence-electron chi connectivity index (χ0n) is 21.9. The van der Waals surface area contributed by atoms with Gasteiger partial charge in [-0.2, -0.15) is 0 Å². The number of carbonyl (C=O) groups excluding carboxylic acids is 2. The van der Waals surface area contributed by atoms with Crippen LogP contribution in [0.15, 0.2) is 60.9 Å². The molecule has 3 heterocycles. The fraction of sp³-hybridized carbons (Fsp3) is 0.367. The summed E-state index contributed by atoms with van der Waals surface area (Å²) in [5.41, 5.74) is 4.79. The Kier molecular flexibility index (Phi) is 7.89. The first-order chi connectivity index (χ1) is 18.5. The maximum atomic E-state index is 11.9. The van der Waals surface area contributed by atoms with E-state index in [0.29, 0.717) is 18.0 Å². The molecule has 5 rings (SSSR count). The van der Waals surface area contributed by atoms with Crippen molar-refractivity contribution in [3.05, 3.63) is 83.2 Å². The number of hydrogen-bond donors (Lipinski definition) is 0. The minimum atomic E-state index is -0.139. The van der Waals surface area contributed by atoms with Crippen molar-refractivity contribution in [2.75, 3.05) is 26.9 Å². The first-order valence-corrected chi connectivity index (χ1v) is 13.0. The van der Waals surface area contributed by atoms with Gasteiger partial charge in [0.1, 0.15) is 12.4 Å². The third-order valence-electron chi connectivity index (χ3n) is 7.22. The normalized spacial score (nSPS) is 15.5. The molecule has 0 N–H and O–H groups in total. The molecule has 2 aliphatic rings. The molecular formula is C30H33N3O5. The van der Waals surface area contributed by atoms with Crippen LogP contribution >= 0.6 is 0 Å². The Morgan fingerprint density at radius 3 is 2.47 bits per heavy atom. The number of pyridine rings is 1. The molecule has 3 aromatic rings. The highest BCUT2D eigenvalue weighted by atomic mass is 16.5. The number of rotatable bonds is 11. The van der Waals surface area contributed by atoms with Gasteiger partial charge in [0.15, 0.2) is 11.5 Å². The van der Waals surface area contributed by atoms with Gasteiger partial charge in [-0.15, -0.1) is 0 Å². The van der Waals surface area contributed by atoms with E-state index >= 15 is 0 Å². The highest BCUT2D eigenvalue weighted by Gasteiger charge is 2.28. The number of aromatic nitrogens is 1. The van der Waals surface area contributed by atoms with Gasteiger partial charge in [0.05, 0.1) is 20.3 Å². The van der Waals surface area contributed by atoms with E-state index in [1.807, 2.05) is 42.7 Å². The van der Waals surface area contributed by atoms with Crippen molar-refractivity contribution in [2.45, 2.75) is 45.3 Å². The fourth-order valence-electron chi connectivity index (χ4n) is 5.01. The van der Waals surface area contributed by atoms with E-state index in [2.05, 4.69) is 35.0 Å². The van der Waals surface area contributed by atoms with Crippen LogP contribution in [0.4, 0.5) is 0 Å². The quantitative estimate of drug-likeness (QED) is 0.352. The van der Waals surface area contributed by atoms with Crippen molar-refractivity contribution in [2.24, 2.45) is 0 Å². The molecule has 0 spiro atoms. The minimum Gasteiger partial charge on any atom is -0.493 e. The molecule has 2 aromatic carbocycles. The van der Waals surface area contributed by atoms with Crippen LogP contribution in [0.1, 0.15) is 48.1 Å². The average molecular weight is 516 g/mol. The molecule has 1 aromatic heterocycles. The molecule has 0 bridgehead atoms. The standard InChI is InChI=1S/C30H33N3O5/c1-21(24-4-6-26-25(18-24)11-15-37-26)32(19-22-9-12-31-13-10-22)20-23-3-5-27(28(17-23)36-2)38-16-14-33-29(34)7-8-30(33)35/h3-6,9-10,12-13,17-18,21H,7-8,11,14-16,19-20H2,1-2H3. The maximum Gasteiger partial charge on any atom is 0.229 e. The Morgan fingerprint density at radius 1 is 0.947 bits per heavy atom. The van der Waals surface area contributed by atoms with Gasteiger partial charge in [-0.25, -0.2) is 0 Å². The summed E-state index contributed by atoms with van der Waals surface area (Å²) in [7, 11) is 1.61. The molecule has 1 unspecified atom stereocenters. The van der Waals surface area contributed by atoms with Crippen LogP contribution in [-0.2, 0) is 29.1 Å². The zero-order chi connectivity index (χ0) is 26.5. The van der Waals surface area contributed by atoms with Crippen LogP contribution in [-0.4, -0.2) is 53.5 Å². The number of amides is 2. The van der Waals surface area contributed by atoms with E-state index in [9.17, 15) is 9.59 Å². The number of carbonyl (C=O) groups is 2. The van der Waals surface area contributed by atoms with Crippen LogP contribution in [0.25, 0.3) is 0 Å². The number of methoxy groups -OCH3 is 1. The summed E-state index contributed by atoms with van der Waals surface area (Å²) < 4.78 is 17.2. The van der Waals surface area contributed by atoms with Crippen LogP contribution in [0, 0.1) is 0 Å². The molecule has 8 nitrogen and oxygen atoms in total. The Bertz CT molecular complexity index is 1280. The van der Waals surface area contributed by atoms with E-state index < -0.39 is 0 Å². The van der Waals surface area contributed by atoms with Crippen molar-refractivity contribution >= 4 is 11.8 Å². The van der Waals surface area contributed by atoms with Crippen LogP contribution in [0.5, 0.6) is 17.2 Å². The lowest BCUT2D eigenvalue weighted by Gasteiger charge is -2.30. The summed E-state index contributed by atoms with van der Waals surface area (Å²) in [4.78, 5) is 31.6. The van der Waals surface area contributed by atoms with E-state index in [1.165, 1.54) is 21.6 Å². The monoisotopic (exact) mass is 515 g/mol. The Labute approximate surface area is 223 Å². The van der Waals surface area contributed by atoms with Crippen molar-refractivity contribution in [3.8, 4) is 17.2 Å². The van der Waals surface area contributed by atoms with Gasteiger partial charge in [0.25, 0.3) is 0 Å². The van der Waals surface area contributed by atoms with Crippen molar-refractivity contribution in [1.29, 1.82) is 0 Å². The summed E-state index contributed by atoms with van der Waals surface area (Å²) in [6.07, 6.45) is 5.15. The van der Waals surface area contributed by atoms with Crippen LogP contribution in [0.2, 0.25) is 0 Å². The second-order valence-corrected chi connectivity index (χ2v) is 9.67. The minimum absolute atomic E-state index is 0.139. The summed E-state index contributed by atoms with van der Waals surface area (Å²) in [6, 6.07) is 16.7. The van der Waals surface area contributed by atoms with Gasteiger partial charge in [-0.05, 0) is 59.5 Å². The number of likely N-dealkylation sites (tertiary alicyclic amines) is 1. The topological polar surface area (TPSA) is 81.2 Å². The van der Waals surface area contributed by atoms with Crippen molar-refractivity contribution in [3.63, 3.8) is 0 Å². The lowest BCUT2D eigenvalue weighted by molar-refractivity contribution is -0.138. The molecule has 1 atom stereocenters. The maximum absolute atomic E-state index is 11.9. The third kappa shape index (κ3) is 5.81. The largest absolute Gasteiger partial charge is 0.493 e. The summed E-state index contributed by atoms with van der Waals surface area (Å²) in [5, 5.41) is 0. The van der Waals surface area contributed by atoms with E-state index in [4.69, 9.17) is 14.2 Å². The lowest BCUT2D eigenvalue weighted by Crippen LogP contribution is -2.33. The predicted octanol–water partition coefficient (Wildman–Crippen LogP) is 4.32. The first kappa shape index (κ1) is 25.7. The second-order valence-electron chi connectivity index (χ2n) is 9.67. The second kappa shape index (κ2) is 11.6. The van der Waals surface area contributed by atoms with Gasteiger partial charge in [0, 0.05) is 50.8 Å². The summed E-state index contributed by atoms with van der Waals surface area (Å²) in [5.74, 6) is 1.91. The lowest BCUT2D eigenvalue weighted by atomic mass is 10.0. The van der Waals surface area contributed by atoms with E-state index in [1.54, 1.807) is 7.11 Å². The molecule has 2 amide bonds. The molecule has 1 saturated heterocycles. The summed E-state index contributed by atoms with van der Waals surface area (Å²) >= 11 is 0. The van der Waals surface area contributed by atoms with Crippen molar-refractivity contribution < 1.29 is 23.8 Å². The summed E-state index contributed by atoms with van der Waals surface area (Å²) in [6.45, 7) is 4.90. The molecule has 0 radical (unpaired) electrons. The average Bonchev–Trinajstić information content (AvgIpc) is 3.54. The number of nitrogens with zero attached hydrogens (tertiary/aromatic N) is 3. The molecular weight excluding hydrogens is 482 g/mol. The molecule has 0 saturated carbocycles. The molecule has 2 aliphatic heterocycles. The number of imide groups is 1. The van der Waals surface area contributed by atoms with Gasteiger partial charge in [-0.1, -0.05) is 18.2 Å². The molecule has 0 aliphatic carbocycles. The third-order valence-corrected chi connectivity index (χ3v) is 7.22. The number of benzene rings is 2. The highest BCUT2D eigenvalue weighted by molar-refractivity contribution is 6.01. The number of fused-ring (bicyclic) bond motifs is 1. The first-order valence-electron chi connectivity index (χ1n) is 13.0. The van der Waals surface area contributed by atoms with Crippen LogP contribution < -0.4 is 14.2 Å². The Balaban J connectivity index is 1.31. The Morgan fingerprint density at radius 2 is 1.71 bits per heavy atom. The molecule has 8 heteroatoms. The van der Waals surface area contributed by atoms with Gasteiger partial charge >= 0.3 is 0 Å². The molecule has 38 heavy (non-hydrogen) atoms. The van der Waals surface area contributed by atoms with Crippen LogP contribution in [0.3, 0.4) is 0 Å². The van der Waals surface area contributed by atoms with Crippen molar-refractivity contribution in [1.82, 2.24) is 14.8 Å². The Hall–Kier alpha value is -3.91. The fourth-order valence-corrected chi connectivity index (χ4v) is 5.01. The van der Waals surface area contributed by atoms with E-state index in [0.717, 1.165) is 30.9 Å². The predicted molar refractivity (Wildman–Crippen MR) is 142 cm³/mol. The highest BCUT2D eigenvalue weighted by Crippen LogP contribution is 2.33. The zero-order valence-corrected chi connectivity index (χ0v) is 21.9. The molecule has 1 fully saturated rings. The van der Waals surface area contributed by atoms with Gasteiger partial charge in [-0.3, -0.25) is 24.4 Å². The SMILES string of the molecule is COc1cc(CN(Cc2ccncc2)C(C)c2ccc3c(c2)CCO3)ccc1OCCN1C(=O)CCC1=O. The molecule has 198 valence electrons. The van der Waals surface area contributed by atoms with E-state index in [-0.39, 0.29) is 43.8 Å².